The normalized spacial score (nSPS) is 10.3. The molecule has 2 heterocycles. The van der Waals surface area contributed by atoms with E-state index in [1.165, 1.54) is 4.68 Å². The van der Waals surface area contributed by atoms with Crippen LogP contribution in [0.5, 0.6) is 5.88 Å². The molecule has 2 aromatic heterocycles. The first-order valence-corrected chi connectivity index (χ1v) is 6.49. The molecule has 0 aliphatic heterocycles. The fourth-order valence-corrected chi connectivity index (χ4v) is 1.68. The third kappa shape index (κ3) is 3.67. The van der Waals surface area contributed by atoms with Crippen LogP contribution in [0.25, 0.3) is 0 Å². The van der Waals surface area contributed by atoms with E-state index in [2.05, 4.69) is 20.6 Å². The molecule has 2 aromatic rings. The number of hydrogen-bond donors (Lipinski definition) is 1. The smallest absolute Gasteiger partial charge is 0.273 e. The van der Waals surface area contributed by atoms with Crippen LogP contribution in [0.1, 0.15) is 16.1 Å². The molecule has 0 aromatic carbocycles. The van der Waals surface area contributed by atoms with E-state index in [1.54, 1.807) is 25.6 Å². The van der Waals surface area contributed by atoms with Gasteiger partial charge in [0.05, 0.1) is 19.9 Å². The van der Waals surface area contributed by atoms with Crippen LogP contribution in [0.4, 0.5) is 0 Å². The van der Waals surface area contributed by atoms with E-state index in [1.807, 2.05) is 6.07 Å². The monoisotopic (exact) mass is 295 g/mol. The SMILES string of the molecule is COc1ccc(CNC(=O)c2cn(CCCl)nn2)cn1. The van der Waals surface area contributed by atoms with Crippen molar-refractivity contribution in [3.05, 3.63) is 35.8 Å². The Morgan fingerprint density at radius 2 is 2.35 bits per heavy atom. The number of hydrogen-bond acceptors (Lipinski definition) is 5. The van der Waals surface area contributed by atoms with Gasteiger partial charge in [0.1, 0.15) is 0 Å². The van der Waals surface area contributed by atoms with E-state index in [-0.39, 0.29) is 11.6 Å². The zero-order valence-electron chi connectivity index (χ0n) is 10.9. The summed E-state index contributed by atoms with van der Waals surface area (Å²) in [7, 11) is 1.55. The number of carbonyl (C=O) groups is 1. The highest BCUT2D eigenvalue weighted by Gasteiger charge is 2.10. The lowest BCUT2D eigenvalue weighted by Gasteiger charge is -2.03. The van der Waals surface area contributed by atoms with Gasteiger partial charge in [-0.15, -0.1) is 16.7 Å². The fraction of sp³-hybridized carbons (Fsp3) is 0.333. The van der Waals surface area contributed by atoms with E-state index < -0.39 is 0 Å². The van der Waals surface area contributed by atoms with Gasteiger partial charge >= 0.3 is 0 Å². The summed E-state index contributed by atoms with van der Waals surface area (Å²) < 4.78 is 6.48. The maximum atomic E-state index is 11.9. The Kier molecular flexibility index (Phi) is 4.89. The Morgan fingerprint density at radius 3 is 3.00 bits per heavy atom. The average Bonchev–Trinajstić information content (AvgIpc) is 2.94. The predicted octanol–water partition coefficient (Wildman–Crippen LogP) is 0.850. The minimum Gasteiger partial charge on any atom is -0.481 e. The maximum absolute atomic E-state index is 11.9. The Balaban J connectivity index is 1.90. The van der Waals surface area contributed by atoms with Crippen LogP contribution >= 0.6 is 11.6 Å². The highest BCUT2D eigenvalue weighted by Crippen LogP contribution is 2.06. The highest BCUT2D eigenvalue weighted by molar-refractivity contribution is 6.17. The van der Waals surface area contributed by atoms with Gasteiger partial charge in [-0.05, 0) is 5.56 Å². The maximum Gasteiger partial charge on any atom is 0.273 e. The Hall–Kier alpha value is -2.15. The third-order valence-corrected chi connectivity index (χ3v) is 2.71. The quantitative estimate of drug-likeness (QED) is 0.799. The van der Waals surface area contributed by atoms with E-state index in [0.717, 1.165) is 5.56 Å². The summed E-state index contributed by atoms with van der Waals surface area (Å²) in [6.45, 7) is 0.877. The van der Waals surface area contributed by atoms with E-state index >= 15 is 0 Å². The summed E-state index contributed by atoms with van der Waals surface area (Å²) in [5.74, 6) is 0.660. The first-order valence-electron chi connectivity index (χ1n) is 5.96. The van der Waals surface area contributed by atoms with Gasteiger partial charge in [-0.3, -0.25) is 9.48 Å². The molecule has 0 spiro atoms. The van der Waals surface area contributed by atoms with Crippen molar-refractivity contribution in [3.63, 3.8) is 0 Å². The van der Waals surface area contributed by atoms with E-state index in [0.29, 0.717) is 24.8 Å². The lowest BCUT2D eigenvalue weighted by atomic mass is 10.3. The molecule has 20 heavy (non-hydrogen) atoms. The number of aryl methyl sites for hydroxylation is 1. The molecule has 106 valence electrons. The second kappa shape index (κ2) is 6.85. The van der Waals surface area contributed by atoms with Crippen molar-refractivity contribution in [1.82, 2.24) is 25.3 Å². The summed E-state index contributed by atoms with van der Waals surface area (Å²) in [6.07, 6.45) is 3.20. The molecule has 2 rings (SSSR count). The van der Waals surface area contributed by atoms with E-state index in [9.17, 15) is 4.79 Å². The van der Waals surface area contributed by atoms with Gasteiger partial charge in [0.15, 0.2) is 5.69 Å². The van der Waals surface area contributed by atoms with Gasteiger partial charge in [-0.25, -0.2) is 4.98 Å². The summed E-state index contributed by atoms with van der Waals surface area (Å²) in [4.78, 5) is 15.9. The molecule has 8 heteroatoms. The van der Waals surface area contributed by atoms with Crippen molar-refractivity contribution in [3.8, 4) is 5.88 Å². The first-order chi connectivity index (χ1) is 9.72. The Morgan fingerprint density at radius 1 is 1.50 bits per heavy atom. The number of nitrogens with one attached hydrogen (secondary N) is 1. The molecule has 0 fully saturated rings. The topological polar surface area (TPSA) is 81.9 Å². The number of aromatic nitrogens is 4. The molecule has 0 aliphatic carbocycles. The van der Waals surface area contributed by atoms with Crippen molar-refractivity contribution >= 4 is 17.5 Å². The van der Waals surface area contributed by atoms with Crippen molar-refractivity contribution < 1.29 is 9.53 Å². The van der Waals surface area contributed by atoms with Crippen LogP contribution in [0.2, 0.25) is 0 Å². The summed E-state index contributed by atoms with van der Waals surface area (Å²) in [6, 6.07) is 3.56. The number of amides is 1. The van der Waals surface area contributed by atoms with Crippen molar-refractivity contribution in [1.29, 1.82) is 0 Å². The number of ether oxygens (including phenoxy) is 1. The van der Waals surface area contributed by atoms with E-state index in [4.69, 9.17) is 16.3 Å². The molecule has 0 atom stereocenters. The molecule has 0 saturated heterocycles. The van der Waals surface area contributed by atoms with Gasteiger partial charge in [-0.2, -0.15) is 0 Å². The standard InChI is InChI=1S/C12H14ClN5O2/c1-20-11-3-2-9(6-14-11)7-15-12(19)10-8-18(5-4-13)17-16-10/h2-3,6,8H,4-5,7H2,1H3,(H,15,19). The lowest BCUT2D eigenvalue weighted by molar-refractivity contribution is 0.0946. The molecular weight excluding hydrogens is 282 g/mol. The molecule has 0 aliphatic rings. The Bertz CT molecular complexity index is 569. The molecule has 1 amide bonds. The van der Waals surface area contributed by atoms with Crippen LogP contribution < -0.4 is 10.1 Å². The number of methoxy groups -OCH3 is 1. The van der Waals surface area contributed by atoms with Crippen LogP contribution in [0.15, 0.2) is 24.5 Å². The van der Waals surface area contributed by atoms with Gasteiger partial charge < -0.3 is 10.1 Å². The molecule has 0 saturated carbocycles. The second-order valence-corrected chi connectivity index (χ2v) is 4.33. The van der Waals surface area contributed by atoms with Crippen molar-refractivity contribution in [2.75, 3.05) is 13.0 Å². The zero-order chi connectivity index (χ0) is 14.4. The van der Waals surface area contributed by atoms with Gasteiger partial charge in [0.2, 0.25) is 5.88 Å². The van der Waals surface area contributed by atoms with Crippen molar-refractivity contribution in [2.24, 2.45) is 0 Å². The molecule has 0 unspecified atom stereocenters. The van der Waals surface area contributed by atoms with Crippen molar-refractivity contribution in [2.45, 2.75) is 13.1 Å². The van der Waals surface area contributed by atoms with Crippen LogP contribution in [-0.4, -0.2) is 38.9 Å². The molecule has 0 radical (unpaired) electrons. The van der Waals surface area contributed by atoms with Gasteiger partial charge in [0, 0.05) is 24.7 Å². The van der Waals surface area contributed by atoms with Crippen LogP contribution in [-0.2, 0) is 13.1 Å². The summed E-state index contributed by atoms with van der Waals surface area (Å²) >= 11 is 5.58. The fourth-order valence-electron chi connectivity index (χ4n) is 1.51. The molecule has 7 nitrogen and oxygen atoms in total. The van der Waals surface area contributed by atoms with Crippen LogP contribution in [0.3, 0.4) is 0 Å². The molecule has 1 N–H and O–H groups in total. The number of halogens is 1. The summed E-state index contributed by atoms with van der Waals surface area (Å²) in [5, 5.41) is 10.3. The number of rotatable bonds is 6. The Labute approximate surface area is 120 Å². The first kappa shape index (κ1) is 14.3. The largest absolute Gasteiger partial charge is 0.481 e. The minimum atomic E-state index is -0.290. The van der Waals surface area contributed by atoms with Gasteiger partial charge in [0.25, 0.3) is 5.91 Å². The zero-order valence-corrected chi connectivity index (χ0v) is 11.7. The van der Waals surface area contributed by atoms with Gasteiger partial charge in [-0.1, -0.05) is 11.3 Å². The highest BCUT2D eigenvalue weighted by atomic mass is 35.5. The molecule has 0 bridgehead atoms. The number of alkyl halides is 1. The number of nitrogens with zero attached hydrogens (tertiary/aromatic N) is 4. The molecular formula is C12H14ClN5O2. The second-order valence-electron chi connectivity index (χ2n) is 3.95. The lowest BCUT2D eigenvalue weighted by Crippen LogP contribution is -2.23. The summed E-state index contributed by atoms with van der Waals surface area (Å²) in [5.41, 5.74) is 1.13. The minimum absolute atomic E-state index is 0.261. The van der Waals surface area contributed by atoms with Crippen LogP contribution in [0, 0.1) is 0 Å². The number of carbonyl (C=O) groups excluding carboxylic acids is 1. The third-order valence-electron chi connectivity index (χ3n) is 2.54. The predicted molar refractivity (Wildman–Crippen MR) is 72.7 cm³/mol. The average molecular weight is 296 g/mol. The number of pyridine rings is 1.